The van der Waals surface area contributed by atoms with Gasteiger partial charge in [-0.05, 0) is 18.2 Å². The van der Waals surface area contributed by atoms with Crippen molar-refractivity contribution in [1.82, 2.24) is 10.9 Å². The van der Waals surface area contributed by atoms with E-state index in [1.165, 1.54) is 12.1 Å². The van der Waals surface area contributed by atoms with Crippen LogP contribution in [0.1, 0.15) is 0 Å². The molecule has 7 heteroatoms. The summed E-state index contributed by atoms with van der Waals surface area (Å²) in [5.74, 6) is -0.771. The molecule has 2 unspecified atom stereocenters. The Kier molecular flexibility index (Phi) is 3.83. The summed E-state index contributed by atoms with van der Waals surface area (Å²) in [6, 6.07) is 3.22. The van der Waals surface area contributed by atoms with Gasteiger partial charge in [0.25, 0.3) is 0 Å². The van der Waals surface area contributed by atoms with E-state index < -0.39 is 11.9 Å². The largest absolute Gasteiger partial charge is 0.323 e. The maximum absolute atomic E-state index is 12.8. The third-order valence-electron chi connectivity index (χ3n) is 2.39. The van der Waals surface area contributed by atoms with E-state index in [1.54, 1.807) is 0 Å². The van der Waals surface area contributed by atoms with Gasteiger partial charge in [0.15, 0.2) is 0 Å². The Hall–Kier alpha value is -0.880. The molecule has 1 fully saturated rings. The summed E-state index contributed by atoms with van der Waals surface area (Å²) in [4.78, 5) is 11.8. The van der Waals surface area contributed by atoms with Crippen LogP contribution in [-0.4, -0.2) is 23.9 Å². The SMILES string of the molecule is O=C(Nc1ccc(F)cc1Cl)C1NNCC1Cl. The Morgan fingerprint density at radius 2 is 2.29 bits per heavy atom. The molecule has 1 aromatic carbocycles. The second kappa shape index (κ2) is 5.18. The molecule has 1 aromatic rings. The van der Waals surface area contributed by atoms with Crippen molar-refractivity contribution in [3.05, 3.63) is 29.0 Å². The van der Waals surface area contributed by atoms with Gasteiger partial charge in [-0.3, -0.25) is 10.2 Å². The third kappa shape index (κ3) is 2.87. The Balaban J connectivity index is 2.07. The summed E-state index contributed by atoms with van der Waals surface area (Å²) in [7, 11) is 0. The zero-order chi connectivity index (χ0) is 12.4. The number of hydrogen-bond donors (Lipinski definition) is 3. The maximum atomic E-state index is 12.8. The van der Waals surface area contributed by atoms with Crippen molar-refractivity contribution in [3.63, 3.8) is 0 Å². The molecule has 0 spiro atoms. The average molecular weight is 278 g/mol. The summed E-state index contributed by atoms with van der Waals surface area (Å²) >= 11 is 11.7. The molecule has 0 aromatic heterocycles. The molecule has 0 radical (unpaired) electrons. The van der Waals surface area contributed by atoms with Gasteiger partial charge in [-0.1, -0.05) is 11.6 Å². The molecule has 1 saturated heterocycles. The molecule has 3 N–H and O–H groups in total. The van der Waals surface area contributed by atoms with Crippen molar-refractivity contribution >= 4 is 34.8 Å². The summed E-state index contributed by atoms with van der Waals surface area (Å²) in [5.41, 5.74) is 5.88. The van der Waals surface area contributed by atoms with Crippen molar-refractivity contribution in [3.8, 4) is 0 Å². The van der Waals surface area contributed by atoms with Gasteiger partial charge in [0.05, 0.1) is 16.1 Å². The van der Waals surface area contributed by atoms with Crippen LogP contribution in [0.2, 0.25) is 5.02 Å². The monoisotopic (exact) mass is 277 g/mol. The van der Waals surface area contributed by atoms with E-state index in [2.05, 4.69) is 16.2 Å². The first-order chi connectivity index (χ1) is 8.08. The highest BCUT2D eigenvalue weighted by molar-refractivity contribution is 6.33. The lowest BCUT2D eigenvalue weighted by Crippen LogP contribution is -2.42. The zero-order valence-electron chi connectivity index (χ0n) is 8.64. The minimum Gasteiger partial charge on any atom is -0.323 e. The fourth-order valence-corrected chi connectivity index (χ4v) is 1.97. The van der Waals surface area contributed by atoms with E-state index in [1.807, 2.05) is 0 Å². The summed E-state index contributed by atoms with van der Waals surface area (Å²) in [5, 5.41) is 2.40. The first-order valence-electron chi connectivity index (χ1n) is 4.96. The molecule has 1 aliphatic heterocycles. The number of amides is 1. The van der Waals surface area contributed by atoms with Crippen LogP contribution in [0, 0.1) is 5.82 Å². The minimum absolute atomic E-state index is 0.149. The van der Waals surface area contributed by atoms with Crippen molar-refractivity contribution in [2.45, 2.75) is 11.4 Å². The molecule has 4 nitrogen and oxygen atoms in total. The fraction of sp³-hybridized carbons (Fsp3) is 0.300. The number of carbonyl (C=O) groups excluding carboxylic acids is 1. The molecule has 1 amide bonds. The van der Waals surface area contributed by atoms with E-state index >= 15 is 0 Å². The molecule has 17 heavy (non-hydrogen) atoms. The van der Waals surface area contributed by atoms with E-state index in [4.69, 9.17) is 23.2 Å². The highest BCUT2D eigenvalue weighted by atomic mass is 35.5. The zero-order valence-corrected chi connectivity index (χ0v) is 10.1. The molecule has 0 saturated carbocycles. The molecule has 0 aliphatic carbocycles. The molecule has 2 rings (SSSR count). The van der Waals surface area contributed by atoms with Gasteiger partial charge in [-0.25, -0.2) is 9.82 Å². The van der Waals surface area contributed by atoms with Gasteiger partial charge < -0.3 is 5.32 Å². The predicted molar refractivity (Wildman–Crippen MR) is 64.6 cm³/mol. The summed E-state index contributed by atoms with van der Waals surface area (Å²) in [6.07, 6.45) is 0. The van der Waals surface area contributed by atoms with Crippen LogP contribution in [0.15, 0.2) is 18.2 Å². The number of nitrogens with one attached hydrogen (secondary N) is 3. The quantitative estimate of drug-likeness (QED) is 0.719. The smallest absolute Gasteiger partial charge is 0.244 e. The standard InChI is InChI=1S/C10H10Cl2FN3O/c11-6-3-5(13)1-2-8(6)15-10(17)9-7(12)4-14-16-9/h1-3,7,9,14,16H,4H2,(H,15,17). The first kappa shape index (κ1) is 12.6. The van der Waals surface area contributed by atoms with Crippen molar-refractivity contribution in [2.75, 3.05) is 11.9 Å². The van der Waals surface area contributed by atoms with Crippen LogP contribution in [0.3, 0.4) is 0 Å². The Labute approximate surface area is 107 Å². The van der Waals surface area contributed by atoms with Gasteiger partial charge in [-0.15, -0.1) is 11.6 Å². The van der Waals surface area contributed by atoms with Crippen LogP contribution in [0.4, 0.5) is 10.1 Å². The van der Waals surface area contributed by atoms with E-state index in [0.29, 0.717) is 12.2 Å². The molecular weight excluding hydrogens is 268 g/mol. The third-order valence-corrected chi connectivity index (χ3v) is 3.11. The Morgan fingerprint density at radius 1 is 1.53 bits per heavy atom. The lowest BCUT2D eigenvalue weighted by molar-refractivity contribution is -0.117. The van der Waals surface area contributed by atoms with Gasteiger partial charge in [0.2, 0.25) is 5.91 Å². The predicted octanol–water partition coefficient (Wildman–Crippen LogP) is 1.50. The van der Waals surface area contributed by atoms with E-state index in [9.17, 15) is 9.18 Å². The van der Waals surface area contributed by atoms with Crippen LogP contribution in [-0.2, 0) is 4.79 Å². The van der Waals surface area contributed by atoms with Crippen LogP contribution in [0.25, 0.3) is 0 Å². The normalized spacial score (nSPS) is 23.7. The highest BCUT2D eigenvalue weighted by Crippen LogP contribution is 2.23. The Morgan fingerprint density at radius 3 is 2.88 bits per heavy atom. The number of hydrogen-bond acceptors (Lipinski definition) is 3. The topological polar surface area (TPSA) is 53.2 Å². The molecule has 2 atom stereocenters. The number of carbonyl (C=O) groups is 1. The number of anilines is 1. The summed E-state index contributed by atoms with van der Waals surface area (Å²) < 4.78 is 12.8. The van der Waals surface area contributed by atoms with Gasteiger partial charge in [0, 0.05) is 6.54 Å². The molecule has 1 heterocycles. The number of rotatable bonds is 2. The Bertz CT molecular complexity index is 444. The molecule has 1 aliphatic rings. The minimum atomic E-state index is -0.544. The lowest BCUT2D eigenvalue weighted by Gasteiger charge is -2.14. The maximum Gasteiger partial charge on any atom is 0.244 e. The van der Waals surface area contributed by atoms with Crippen LogP contribution >= 0.6 is 23.2 Å². The average Bonchev–Trinajstić information content (AvgIpc) is 2.68. The van der Waals surface area contributed by atoms with Crippen molar-refractivity contribution in [1.29, 1.82) is 0 Å². The summed E-state index contributed by atoms with van der Waals surface area (Å²) in [6.45, 7) is 0.497. The van der Waals surface area contributed by atoms with E-state index in [-0.39, 0.29) is 16.3 Å². The second-order valence-corrected chi connectivity index (χ2v) is 4.60. The fourth-order valence-electron chi connectivity index (χ4n) is 1.51. The van der Waals surface area contributed by atoms with E-state index in [0.717, 1.165) is 6.07 Å². The molecule has 92 valence electrons. The van der Waals surface area contributed by atoms with Crippen LogP contribution < -0.4 is 16.2 Å². The second-order valence-electron chi connectivity index (χ2n) is 3.63. The van der Waals surface area contributed by atoms with Gasteiger partial charge >= 0.3 is 0 Å². The molecular formula is C10H10Cl2FN3O. The lowest BCUT2D eigenvalue weighted by atomic mass is 10.2. The van der Waals surface area contributed by atoms with Crippen molar-refractivity contribution in [2.24, 2.45) is 0 Å². The van der Waals surface area contributed by atoms with Crippen LogP contribution in [0.5, 0.6) is 0 Å². The molecule has 0 bridgehead atoms. The number of hydrazine groups is 1. The number of benzene rings is 1. The van der Waals surface area contributed by atoms with Crippen molar-refractivity contribution < 1.29 is 9.18 Å². The van der Waals surface area contributed by atoms with Gasteiger partial charge in [0.1, 0.15) is 11.9 Å². The number of alkyl halides is 1. The number of halogens is 3. The first-order valence-corrected chi connectivity index (χ1v) is 5.78. The van der Waals surface area contributed by atoms with Gasteiger partial charge in [-0.2, -0.15) is 0 Å². The highest BCUT2D eigenvalue weighted by Gasteiger charge is 2.31.